The van der Waals surface area contributed by atoms with Gasteiger partial charge >= 0.3 is 0 Å². The maximum Gasteiger partial charge on any atom is 0.166 e. The number of carbonyl (C=O) groups excluding carboxylic acids is 2. The van der Waals surface area contributed by atoms with Crippen LogP contribution in [0.4, 0.5) is 0 Å². The van der Waals surface area contributed by atoms with Gasteiger partial charge in [-0.1, -0.05) is 84.0 Å². The van der Waals surface area contributed by atoms with E-state index in [9.17, 15) is 19.8 Å². The van der Waals surface area contributed by atoms with Gasteiger partial charge in [0.2, 0.25) is 0 Å². The Morgan fingerprint density at radius 1 is 0.733 bits per heavy atom. The zero-order valence-electron chi connectivity index (χ0n) is 19.1. The van der Waals surface area contributed by atoms with Crippen LogP contribution in [0.5, 0.6) is 0 Å². The number of hydrogen-bond donors (Lipinski definition) is 2. The third kappa shape index (κ3) is 7.18. The maximum absolute atomic E-state index is 12.4. The highest BCUT2D eigenvalue weighted by molar-refractivity contribution is 6.04. The number of rotatable bonds is 4. The zero-order valence-corrected chi connectivity index (χ0v) is 19.1. The molecule has 0 radical (unpaired) electrons. The summed E-state index contributed by atoms with van der Waals surface area (Å²) >= 11 is 0. The van der Waals surface area contributed by atoms with E-state index >= 15 is 0 Å². The number of hydrogen-bond acceptors (Lipinski definition) is 4. The number of Topliss-reactive ketones (excluding diaryl/α,β-unsaturated/α-hetero) is 2. The number of carbonyl (C=O) groups is 2. The van der Waals surface area contributed by atoms with E-state index in [1.807, 2.05) is 71.9 Å². The molecule has 0 aliphatic heterocycles. The van der Waals surface area contributed by atoms with Crippen LogP contribution in [0, 0.1) is 5.92 Å². The summed E-state index contributed by atoms with van der Waals surface area (Å²) < 4.78 is 0. The summed E-state index contributed by atoms with van der Waals surface area (Å²) in [7, 11) is 0. The predicted molar refractivity (Wildman–Crippen MR) is 125 cm³/mol. The van der Waals surface area contributed by atoms with Crippen molar-refractivity contribution in [2.75, 3.05) is 0 Å². The smallest absolute Gasteiger partial charge is 0.166 e. The first-order valence-corrected chi connectivity index (χ1v) is 10.9. The van der Waals surface area contributed by atoms with Crippen molar-refractivity contribution in [2.45, 2.75) is 60.8 Å². The van der Waals surface area contributed by atoms with E-state index in [-0.39, 0.29) is 47.1 Å². The normalized spacial score (nSPS) is 15.0. The zero-order chi connectivity index (χ0) is 23.1. The highest BCUT2D eigenvalue weighted by Gasteiger charge is 2.34. The standard InChI is InChI=1S/C20H18O4.3C2H6/c21-15-8-4-9-16(22)19(15)14(12-13-6-2-1-3-7-13)20-17(23)10-5-11-18(20)24;3*1-2/h1-8,10,14,21,23H,9,11-12H2;3*1-2H3. The molecule has 2 N–H and O–H groups in total. The number of benzene rings is 1. The van der Waals surface area contributed by atoms with Gasteiger partial charge in [0.1, 0.15) is 11.5 Å². The number of allylic oxidation sites excluding steroid dienone is 6. The molecule has 30 heavy (non-hydrogen) atoms. The Hall–Kier alpha value is -2.88. The molecule has 2 aliphatic carbocycles. The molecule has 164 valence electrons. The van der Waals surface area contributed by atoms with Crippen molar-refractivity contribution >= 4 is 11.6 Å². The lowest BCUT2D eigenvalue weighted by atomic mass is 9.77. The van der Waals surface area contributed by atoms with Gasteiger partial charge in [-0.3, -0.25) is 9.59 Å². The molecule has 0 unspecified atom stereocenters. The molecule has 0 saturated carbocycles. The molecular formula is C26H36O4. The molecule has 0 spiro atoms. The fourth-order valence-corrected chi connectivity index (χ4v) is 3.18. The lowest BCUT2D eigenvalue weighted by molar-refractivity contribution is -0.116. The monoisotopic (exact) mass is 412 g/mol. The minimum atomic E-state index is -0.665. The lowest BCUT2D eigenvalue weighted by Crippen LogP contribution is -2.26. The van der Waals surface area contributed by atoms with E-state index in [4.69, 9.17) is 0 Å². The fourth-order valence-electron chi connectivity index (χ4n) is 3.18. The first-order chi connectivity index (χ1) is 14.6. The third-order valence-electron chi connectivity index (χ3n) is 4.29. The second-order valence-electron chi connectivity index (χ2n) is 5.90. The van der Waals surface area contributed by atoms with E-state index in [0.717, 1.165) is 5.56 Å². The van der Waals surface area contributed by atoms with Gasteiger partial charge in [-0.05, 0) is 24.1 Å². The van der Waals surface area contributed by atoms with Crippen molar-refractivity contribution in [1.29, 1.82) is 0 Å². The number of aliphatic hydroxyl groups excluding tert-OH is 2. The first-order valence-electron chi connectivity index (χ1n) is 10.9. The van der Waals surface area contributed by atoms with Crippen molar-refractivity contribution in [3.63, 3.8) is 0 Å². The Morgan fingerprint density at radius 3 is 1.50 bits per heavy atom. The topological polar surface area (TPSA) is 74.6 Å². The van der Waals surface area contributed by atoms with Gasteiger partial charge in [0.25, 0.3) is 0 Å². The highest BCUT2D eigenvalue weighted by Crippen LogP contribution is 2.34. The molecule has 4 heteroatoms. The molecule has 3 rings (SSSR count). The Morgan fingerprint density at radius 2 is 1.13 bits per heavy atom. The van der Waals surface area contributed by atoms with Gasteiger partial charge in [-0.2, -0.15) is 0 Å². The van der Waals surface area contributed by atoms with Gasteiger partial charge in [0, 0.05) is 29.9 Å². The average molecular weight is 413 g/mol. The van der Waals surface area contributed by atoms with Crippen LogP contribution in [0.15, 0.2) is 77.3 Å². The average Bonchev–Trinajstić information content (AvgIpc) is 2.78. The molecule has 1 aromatic rings. The van der Waals surface area contributed by atoms with E-state index in [1.165, 1.54) is 12.2 Å². The quantitative estimate of drug-likeness (QED) is 0.584. The third-order valence-corrected chi connectivity index (χ3v) is 4.29. The Kier molecular flexibility index (Phi) is 13.6. The molecule has 4 nitrogen and oxygen atoms in total. The molecule has 2 aliphatic rings. The van der Waals surface area contributed by atoms with Gasteiger partial charge in [-0.25, -0.2) is 0 Å². The van der Waals surface area contributed by atoms with Crippen LogP contribution in [0.2, 0.25) is 0 Å². The van der Waals surface area contributed by atoms with Gasteiger partial charge < -0.3 is 10.2 Å². The minimum Gasteiger partial charge on any atom is -0.508 e. The maximum atomic E-state index is 12.4. The van der Waals surface area contributed by atoms with Crippen LogP contribution in [0.3, 0.4) is 0 Å². The Bertz CT molecular complexity index is 748. The Labute approximate surface area is 181 Å². The molecular weight excluding hydrogens is 376 g/mol. The van der Waals surface area contributed by atoms with Gasteiger partial charge in [0.05, 0.1) is 0 Å². The highest BCUT2D eigenvalue weighted by atomic mass is 16.3. The van der Waals surface area contributed by atoms with Crippen molar-refractivity contribution in [3.8, 4) is 0 Å². The summed E-state index contributed by atoms with van der Waals surface area (Å²) in [5.74, 6) is -1.37. The van der Waals surface area contributed by atoms with E-state index in [1.54, 1.807) is 12.2 Å². The SMILES string of the molecule is CC.CC.CC.O=C1CC=CC(O)=C1C(Cc1ccccc1)C1=C(O)C=CCC1=O. The largest absolute Gasteiger partial charge is 0.508 e. The summed E-state index contributed by atoms with van der Waals surface area (Å²) in [4.78, 5) is 24.8. The van der Waals surface area contributed by atoms with Crippen LogP contribution < -0.4 is 0 Å². The second-order valence-corrected chi connectivity index (χ2v) is 5.90. The number of ketones is 2. The summed E-state index contributed by atoms with van der Waals surface area (Å²) in [6.07, 6.45) is 6.88. The summed E-state index contributed by atoms with van der Waals surface area (Å²) in [6.45, 7) is 12.0. The van der Waals surface area contributed by atoms with Crippen LogP contribution in [0.25, 0.3) is 0 Å². The summed E-state index contributed by atoms with van der Waals surface area (Å²) in [5, 5.41) is 20.5. The first kappa shape index (κ1) is 27.1. The van der Waals surface area contributed by atoms with Crippen molar-refractivity contribution in [3.05, 3.63) is 82.9 Å². The van der Waals surface area contributed by atoms with E-state index in [2.05, 4.69) is 0 Å². The van der Waals surface area contributed by atoms with Crippen molar-refractivity contribution in [2.24, 2.45) is 5.92 Å². The predicted octanol–water partition coefficient (Wildman–Crippen LogP) is 6.61. The van der Waals surface area contributed by atoms with Crippen LogP contribution in [-0.2, 0) is 16.0 Å². The molecule has 0 bridgehead atoms. The molecule has 0 amide bonds. The second kappa shape index (κ2) is 15.0. The van der Waals surface area contributed by atoms with Crippen LogP contribution in [-0.4, -0.2) is 21.8 Å². The van der Waals surface area contributed by atoms with E-state index in [0.29, 0.717) is 6.42 Å². The summed E-state index contributed by atoms with van der Waals surface area (Å²) in [6, 6.07) is 9.43. The summed E-state index contributed by atoms with van der Waals surface area (Å²) in [5.41, 5.74) is 1.32. The molecule has 0 saturated heterocycles. The molecule has 0 aromatic heterocycles. The molecule has 0 atom stereocenters. The van der Waals surface area contributed by atoms with Crippen molar-refractivity contribution in [1.82, 2.24) is 0 Å². The molecule has 0 heterocycles. The number of aliphatic hydroxyl groups is 2. The minimum absolute atomic E-state index is 0.130. The molecule has 1 aromatic carbocycles. The van der Waals surface area contributed by atoms with Gasteiger partial charge in [0.15, 0.2) is 11.6 Å². The van der Waals surface area contributed by atoms with Gasteiger partial charge in [-0.15, -0.1) is 0 Å². The Balaban J connectivity index is 0.00000129. The van der Waals surface area contributed by atoms with Crippen LogP contribution >= 0.6 is 0 Å². The van der Waals surface area contributed by atoms with Crippen LogP contribution in [0.1, 0.15) is 59.9 Å². The van der Waals surface area contributed by atoms with E-state index < -0.39 is 5.92 Å². The lowest BCUT2D eigenvalue weighted by Gasteiger charge is -2.25. The fraction of sp³-hybridized carbons (Fsp3) is 0.385. The van der Waals surface area contributed by atoms with Crippen molar-refractivity contribution < 1.29 is 19.8 Å². The molecule has 0 fully saturated rings.